The molecule has 0 aliphatic heterocycles. The summed E-state index contributed by atoms with van der Waals surface area (Å²) in [6.07, 6.45) is 0.762. The Morgan fingerprint density at radius 1 is 1.28 bits per heavy atom. The molecule has 18 heavy (non-hydrogen) atoms. The molecule has 0 amide bonds. The molecule has 0 saturated heterocycles. The maximum atomic E-state index is 12.1. The number of hydrogen-bond acceptors (Lipinski definition) is 3. The Morgan fingerprint density at radius 3 is 2.44 bits per heavy atom. The van der Waals surface area contributed by atoms with Crippen molar-refractivity contribution < 1.29 is 13.5 Å². The highest BCUT2D eigenvalue weighted by atomic mass is 32.2. The van der Waals surface area contributed by atoms with Crippen LogP contribution in [0.1, 0.15) is 25.0 Å². The Labute approximate surface area is 109 Å². The fourth-order valence-corrected chi connectivity index (χ4v) is 3.21. The topological polar surface area (TPSA) is 57.6 Å². The predicted molar refractivity (Wildman–Crippen MR) is 74.4 cm³/mol. The molecule has 1 aromatic rings. The number of aryl methyl sites for hydroxylation is 2. The van der Waals surface area contributed by atoms with E-state index >= 15 is 0 Å². The first-order chi connectivity index (χ1) is 8.47. The standard InChI is InChI=1S/C13H21NO3S/c1-4-12-8-6-7-11(3)13(12)14(9-10-15)18(16,17)5-2/h6-8,15H,4-5,9-10H2,1-3H3. The number of anilines is 1. The molecule has 1 aromatic carbocycles. The van der Waals surface area contributed by atoms with E-state index in [1.165, 1.54) is 4.31 Å². The summed E-state index contributed by atoms with van der Waals surface area (Å²) >= 11 is 0. The molecule has 0 unspecified atom stereocenters. The lowest BCUT2D eigenvalue weighted by molar-refractivity contribution is 0.306. The van der Waals surface area contributed by atoms with Crippen LogP contribution in [0.2, 0.25) is 0 Å². The average molecular weight is 271 g/mol. The van der Waals surface area contributed by atoms with Gasteiger partial charge in [0.1, 0.15) is 0 Å². The molecular formula is C13H21NO3S. The minimum Gasteiger partial charge on any atom is -0.394 e. The van der Waals surface area contributed by atoms with Gasteiger partial charge in [0, 0.05) is 0 Å². The van der Waals surface area contributed by atoms with Gasteiger partial charge in [0.25, 0.3) is 0 Å². The molecule has 0 spiro atoms. The number of aliphatic hydroxyl groups is 1. The Kier molecular flexibility index (Phi) is 5.16. The van der Waals surface area contributed by atoms with Gasteiger partial charge in [-0.3, -0.25) is 4.31 Å². The van der Waals surface area contributed by atoms with Gasteiger partial charge in [-0.25, -0.2) is 8.42 Å². The van der Waals surface area contributed by atoms with Crippen LogP contribution in [0.25, 0.3) is 0 Å². The highest BCUT2D eigenvalue weighted by molar-refractivity contribution is 7.92. The van der Waals surface area contributed by atoms with Crippen molar-refractivity contribution in [2.24, 2.45) is 0 Å². The molecule has 0 bridgehead atoms. The summed E-state index contributed by atoms with van der Waals surface area (Å²) in [7, 11) is -3.36. The largest absolute Gasteiger partial charge is 0.394 e. The van der Waals surface area contributed by atoms with E-state index in [1.807, 2.05) is 32.0 Å². The number of aliphatic hydroxyl groups excluding tert-OH is 1. The van der Waals surface area contributed by atoms with Gasteiger partial charge in [0.05, 0.1) is 24.6 Å². The first kappa shape index (κ1) is 15.0. The van der Waals surface area contributed by atoms with E-state index < -0.39 is 10.0 Å². The lowest BCUT2D eigenvalue weighted by Gasteiger charge is -2.27. The van der Waals surface area contributed by atoms with E-state index in [4.69, 9.17) is 5.11 Å². The van der Waals surface area contributed by atoms with Crippen LogP contribution in [0.5, 0.6) is 0 Å². The number of rotatable bonds is 6. The highest BCUT2D eigenvalue weighted by Crippen LogP contribution is 2.28. The quantitative estimate of drug-likeness (QED) is 0.857. The third-order valence-corrected chi connectivity index (χ3v) is 4.72. The molecule has 4 nitrogen and oxygen atoms in total. The third kappa shape index (κ3) is 3.03. The minimum atomic E-state index is -3.36. The second-order valence-electron chi connectivity index (χ2n) is 4.13. The smallest absolute Gasteiger partial charge is 0.234 e. The van der Waals surface area contributed by atoms with Crippen LogP contribution >= 0.6 is 0 Å². The monoisotopic (exact) mass is 271 g/mol. The Hall–Kier alpha value is -1.07. The summed E-state index contributed by atoms with van der Waals surface area (Å²) in [6, 6.07) is 5.75. The first-order valence-corrected chi connectivity index (χ1v) is 7.78. The fraction of sp³-hybridized carbons (Fsp3) is 0.538. The molecule has 1 rings (SSSR count). The maximum absolute atomic E-state index is 12.1. The van der Waals surface area contributed by atoms with Gasteiger partial charge >= 0.3 is 0 Å². The summed E-state index contributed by atoms with van der Waals surface area (Å²) in [5.41, 5.74) is 2.62. The molecule has 0 atom stereocenters. The molecule has 0 aliphatic carbocycles. The predicted octanol–water partition coefficient (Wildman–Crippen LogP) is 1.71. The molecule has 102 valence electrons. The number of sulfonamides is 1. The van der Waals surface area contributed by atoms with Gasteiger partial charge in [-0.05, 0) is 31.4 Å². The fourth-order valence-electron chi connectivity index (χ4n) is 2.00. The van der Waals surface area contributed by atoms with E-state index in [0.29, 0.717) is 0 Å². The van der Waals surface area contributed by atoms with Crippen LogP contribution in [0.15, 0.2) is 18.2 Å². The average Bonchev–Trinajstić information content (AvgIpc) is 2.36. The van der Waals surface area contributed by atoms with E-state index in [1.54, 1.807) is 6.92 Å². The molecule has 0 aliphatic rings. The molecule has 0 fully saturated rings. The third-order valence-electron chi connectivity index (χ3n) is 2.96. The molecule has 0 radical (unpaired) electrons. The molecule has 0 aromatic heterocycles. The van der Waals surface area contributed by atoms with E-state index in [0.717, 1.165) is 23.2 Å². The normalized spacial score (nSPS) is 11.6. The van der Waals surface area contributed by atoms with Crippen molar-refractivity contribution in [3.8, 4) is 0 Å². The molecular weight excluding hydrogens is 250 g/mol. The summed E-state index contributed by atoms with van der Waals surface area (Å²) in [6.45, 7) is 5.42. The van der Waals surface area contributed by atoms with Gasteiger partial charge in [-0.2, -0.15) is 0 Å². The van der Waals surface area contributed by atoms with Crippen molar-refractivity contribution >= 4 is 15.7 Å². The Morgan fingerprint density at radius 2 is 1.94 bits per heavy atom. The summed E-state index contributed by atoms with van der Waals surface area (Å²) in [4.78, 5) is 0. The van der Waals surface area contributed by atoms with Crippen LogP contribution in [-0.2, 0) is 16.4 Å². The SMILES string of the molecule is CCc1cccc(C)c1N(CCO)S(=O)(=O)CC. The van der Waals surface area contributed by atoms with E-state index in [2.05, 4.69) is 0 Å². The zero-order chi connectivity index (χ0) is 13.8. The van der Waals surface area contributed by atoms with Crippen molar-refractivity contribution in [1.29, 1.82) is 0 Å². The van der Waals surface area contributed by atoms with Gasteiger partial charge < -0.3 is 5.11 Å². The van der Waals surface area contributed by atoms with Crippen molar-refractivity contribution in [3.63, 3.8) is 0 Å². The molecule has 0 heterocycles. The lowest BCUT2D eigenvalue weighted by atomic mass is 10.1. The highest BCUT2D eigenvalue weighted by Gasteiger charge is 2.23. The summed E-state index contributed by atoms with van der Waals surface area (Å²) < 4.78 is 25.6. The van der Waals surface area contributed by atoms with Gasteiger partial charge in [-0.1, -0.05) is 25.1 Å². The van der Waals surface area contributed by atoms with E-state index in [-0.39, 0.29) is 18.9 Å². The molecule has 5 heteroatoms. The van der Waals surface area contributed by atoms with Crippen LogP contribution in [0.3, 0.4) is 0 Å². The molecule has 1 N–H and O–H groups in total. The number of para-hydroxylation sites is 1. The second kappa shape index (κ2) is 6.20. The van der Waals surface area contributed by atoms with Crippen molar-refractivity contribution in [2.75, 3.05) is 23.2 Å². The van der Waals surface area contributed by atoms with Gasteiger partial charge in [-0.15, -0.1) is 0 Å². The van der Waals surface area contributed by atoms with Crippen LogP contribution < -0.4 is 4.31 Å². The molecule has 0 saturated carbocycles. The van der Waals surface area contributed by atoms with Crippen LogP contribution in [0, 0.1) is 6.92 Å². The first-order valence-electron chi connectivity index (χ1n) is 6.17. The van der Waals surface area contributed by atoms with Crippen molar-refractivity contribution in [3.05, 3.63) is 29.3 Å². The summed E-state index contributed by atoms with van der Waals surface area (Å²) in [5, 5.41) is 9.11. The maximum Gasteiger partial charge on any atom is 0.234 e. The zero-order valence-electron chi connectivity index (χ0n) is 11.2. The second-order valence-corrected chi connectivity index (χ2v) is 6.31. The number of nitrogens with zero attached hydrogens (tertiary/aromatic N) is 1. The van der Waals surface area contributed by atoms with Gasteiger partial charge in [0.15, 0.2) is 0 Å². The van der Waals surface area contributed by atoms with Crippen LogP contribution in [-0.4, -0.2) is 32.4 Å². The van der Waals surface area contributed by atoms with Crippen molar-refractivity contribution in [2.45, 2.75) is 27.2 Å². The number of hydrogen-bond donors (Lipinski definition) is 1. The Bertz CT molecular complexity index is 497. The summed E-state index contributed by atoms with van der Waals surface area (Å²) in [5.74, 6) is 0.0322. The van der Waals surface area contributed by atoms with Crippen LogP contribution in [0.4, 0.5) is 5.69 Å². The zero-order valence-corrected chi connectivity index (χ0v) is 12.0. The number of benzene rings is 1. The van der Waals surface area contributed by atoms with E-state index in [9.17, 15) is 8.42 Å². The van der Waals surface area contributed by atoms with Crippen molar-refractivity contribution in [1.82, 2.24) is 0 Å². The minimum absolute atomic E-state index is 0.0322. The van der Waals surface area contributed by atoms with Gasteiger partial charge in [0.2, 0.25) is 10.0 Å². The lowest BCUT2D eigenvalue weighted by Crippen LogP contribution is -2.36. The Balaban J connectivity index is 3.39.